The van der Waals surface area contributed by atoms with Gasteiger partial charge >= 0.3 is 10.2 Å². The van der Waals surface area contributed by atoms with Gasteiger partial charge < -0.3 is 0 Å². The topological polar surface area (TPSA) is 86.1 Å². The molecule has 1 heterocycles. The van der Waals surface area contributed by atoms with Gasteiger partial charge in [0.05, 0.1) is 5.56 Å². The summed E-state index contributed by atoms with van der Waals surface area (Å²) >= 11 is 0. The van der Waals surface area contributed by atoms with Crippen LogP contribution in [0.2, 0.25) is 0 Å². The zero-order valence-electron chi connectivity index (χ0n) is 8.30. The highest BCUT2D eigenvalue weighted by atomic mass is 32.2. The number of hydrogen-bond donors (Lipinski definition) is 1. The van der Waals surface area contributed by atoms with Crippen molar-refractivity contribution in [3.05, 3.63) is 23.9 Å². The third-order valence-corrected chi connectivity index (χ3v) is 3.05. The predicted molar refractivity (Wildman–Crippen MR) is 55.2 cm³/mol. The summed E-state index contributed by atoms with van der Waals surface area (Å²) in [5.74, 6) is 0.0358. The number of hydrogen-bond acceptors (Lipinski definition) is 4. The van der Waals surface area contributed by atoms with E-state index in [1.807, 2.05) is 6.07 Å². The van der Waals surface area contributed by atoms with Crippen molar-refractivity contribution in [2.24, 2.45) is 0 Å². The van der Waals surface area contributed by atoms with Gasteiger partial charge in [-0.15, -0.1) is 0 Å². The van der Waals surface area contributed by atoms with E-state index < -0.39 is 10.2 Å². The fraction of sp³-hybridized carbons (Fsp3) is 0.250. The molecule has 0 unspecified atom stereocenters. The molecule has 80 valence electrons. The first-order chi connectivity index (χ1) is 6.97. The maximum atomic E-state index is 11.4. The minimum absolute atomic E-state index is 0.0358. The van der Waals surface area contributed by atoms with E-state index in [4.69, 9.17) is 5.26 Å². The van der Waals surface area contributed by atoms with Crippen LogP contribution in [0.4, 0.5) is 5.82 Å². The highest BCUT2D eigenvalue weighted by Gasteiger charge is 2.15. The smallest absolute Gasteiger partial charge is 0.253 e. The molecule has 0 bridgehead atoms. The third kappa shape index (κ3) is 2.65. The summed E-state index contributed by atoms with van der Waals surface area (Å²) in [5.41, 5.74) is 0.183. The Morgan fingerprint density at radius 3 is 2.73 bits per heavy atom. The van der Waals surface area contributed by atoms with Gasteiger partial charge in [-0.1, -0.05) is 0 Å². The molecule has 0 atom stereocenters. The first-order valence-electron chi connectivity index (χ1n) is 4.03. The molecule has 1 N–H and O–H groups in total. The molecule has 0 aromatic carbocycles. The second-order valence-electron chi connectivity index (χ2n) is 2.90. The van der Waals surface area contributed by atoms with Crippen LogP contribution < -0.4 is 4.72 Å². The van der Waals surface area contributed by atoms with Crippen LogP contribution in [-0.2, 0) is 10.2 Å². The molecule has 0 aliphatic heterocycles. The monoisotopic (exact) mass is 226 g/mol. The van der Waals surface area contributed by atoms with E-state index in [-0.39, 0.29) is 11.4 Å². The van der Waals surface area contributed by atoms with Crippen LogP contribution >= 0.6 is 0 Å². The van der Waals surface area contributed by atoms with Gasteiger partial charge in [0.2, 0.25) is 0 Å². The standard InChI is InChI=1S/C8H10N4O2S/c1-12(2)15(13,14)11-8-7(6-9)4-3-5-10-8/h3-5H,1-2H3,(H,10,11). The molecule has 0 saturated carbocycles. The van der Waals surface area contributed by atoms with Crippen LogP contribution in [0, 0.1) is 11.3 Å². The molecule has 6 nitrogen and oxygen atoms in total. The number of anilines is 1. The maximum absolute atomic E-state index is 11.4. The summed E-state index contributed by atoms with van der Waals surface area (Å²) in [6.07, 6.45) is 1.41. The number of rotatable bonds is 3. The Labute approximate surface area is 88.3 Å². The van der Waals surface area contributed by atoms with Gasteiger partial charge in [-0.2, -0.15) is 18.0 Å². The molecule has 0 fully saturated rings. The van der Waals surface area contributed by atoms with E-state index in [9.17, 15) is 8.42 Å². The first-order valence-corrected chi connectivity index (χ1v) is 5.47. The molecule has 1 aromatic rings. The van der Waals surface area contributed by atoms with Gasteiger partial charge in [0.1, 0.15) is 6.07 Å². The van der Waals surface area contributed by atoms with Crippen LogP contribution in [0.25, 0.3) is 0 Å². The van der Waals surface area contributed by atoms with Crippen LogP contribution in [-0.4, -0.2) is 31.8 Å². The molecule has 0 saturated heterocycles. The molecule has 1 aromatic heterocycles. The largest absolute Gasteiger partial charge is 0.302 e. The lowest BCUT2D eigenvalue weighted by Crippen LogP contribution is -2.29. The summed E-state index contributed by atoms with van der Waals surface area (Å²) in [7, 11) is -0.842. The normalized spacial score (nSPS) is 11.1. The lowest BCUT2D eigenvalue weighted by atomic mass is 10.3. The molecule has 0 spiro atoms. The lowest BCUT2D eigenvalue weighted by molar-refractivity contribution is 0.526. The molecule has 0 aliphatic rings. The minimum atomic E-state index is -3.61. The van der Waals surface area contributed by atoms with Crippen LogP contribution in [0.15, 0.2) is 18.3 Å². The van der Waals surface area contributed by atoms with Crippen LogP contribution in [0.1, 0.15) is 5.56 Å². The molecule has 0 amide bonds. The Hall–Kier alpha value is -1.65. The highest BCUT2D eigenvalue weighted by Crippen LogP contribution is 2.11. The van der Waals surface area contributed by atoms with E-state index in [1.165, 1.54) is 26.4 Å². The molecule has 0 aliphatic carbocycles. The summed E-state index contributed by atoms with van der Waals surface area (Å²) in [6, 6.07) is 4.90. The SMILES string of the molecule is CN(C)S(=O)(=O)Nc1ncccc1C#N. The van der Waals surface area contributed by atoms with Crippen molar-refractivity contribution < 1.29 is 8.42 Å². The van der Waals surface area contributed by atoms with Crippen molar-refractivity contribution in [3.8, 4) is 6.07 Å². The van der Waals surface area contributed by atoms with Gasteiger partial charge in [0.25, 0.3) is 0 Å². The fourth-order valence-corrected chi connectivity index (χ4v) is 1.38. The first kappa shape index (κ1) is 11.4. The van der Waals surface area contributed by atoms with Gasteiger partial charge in [-0.3, -0.25) is 4.72 Å². The van der Waals surface area contributed by atoms with E-state index in [0.29, 0.717) is 0 Å². The number of nitrogens with one attached hydrogen (secondary N) is 1. The number of nitrogens with zero attached hydrogens (tertiary/aromatic N) is 3. The zero-order chi connectivity index (χ0) is 11.5. The van der Waals surface area contributed by atoms with Crippen molar-refractivity contribution in [1.29, 1.82) is 5.26 Å². The molecule has 0 radical (unpaired) electrons. The maximum Gasteiger partial charge on any atom is 0.302 e. The Morgan fingerprint density at radius 2 is 2.20 bits per heavy atom. The molecule has 15 heavy (non-hydrogen) atoms. The number of nitriles is 1. The highest BCUT2D eigenvalue weighted by molar-refractivity contribution is 7.90. The van der Waals surface area contributed by atoms with E-state index in [0.717, 1.165) is 4.31 Å². The summed E-state index contributed by atoms with van der Waals surface area (Å²) in [6.45, 7) is 0. The van der Waals surface area contributed by atoms with Crippen molar-refractivity contribution in [1.82, 2.24) is 9.29 Å². The Morgan fingerprint density at radius 1 is 1.53 bits per heavy atom. The quantitative estimate of drug-likeness (QED) is 0.796. The summed E-state index contributed by atoms with van der Waals surface area (Å²) < 4.78 is 26.1. The second kappa shape index (κ2) is 4.25. The number of pyridine rings is 1. The van der Waals surface area contributed by atoms with E-state index in [1.54, 1.807) is 6.07 Å². The molecule has 1 rings (SSSR count). The van der Waals surface area contributed by atoms with Crippen molar-refractivity contribution in [3.63, 3.8) is 0 Å². The van der Waals surface area contributed by atoms with Crippen molar-refractivity contribution >= 4 is 16.0 Å². The summed E-state index contributed by atoms with van der Waals surface area (Å²) in [4.78, 5) is 3.78. The lowest BCUT2D eigenvalue weighted by Gasteiger charge is -2.12. The Balaban J connectivity index is 3.06. The van der Waals surface area contributed by atoms with Gasteiger partial charge in [-0.05, 0) is 12.1 Å². The second-order valence-corrected chi connectivity index (χ2v) is 4.79. The third-order valence-electron chi connectivity index (χ3n) is 1.63. The van der Waals surface area contributed by atoms with Gasteiger partial charge in [0, 0.05) is 20.3 Å². The number of aromatic nitrogens is 1. The van der Waals surface area contributed by atoms with Crippen LogP contribution in [0.3, 0.4) is 0 Å². The average molecular weight is 226 g/mol. The van der Waals surface area contributed by atoms with Crippen molar-refractivity contribution in [2.45, 2.75) is 0 Å². The van der Waals surface area contributed by atoms with E-state index >= 15 is 0 Å². The fourth-order valence-electron chi connectivity index (χ4n) is 0.790. The Bertz CT molecular complexity index is 490. The molecular formula is C8H10N4O2S. The average Bonchev–Trinajstić information content (AvgIpc) is 2.18. The molecule has 7 heteroatoms. The van der Waals surface area contributed by atoms with E-state index in [2.05, 4.69) is 9.71 Å². The predicted octanol–water partition coefficient (Wildman–Crippen LogP) is 0.172. The minimum Gasteiger partial charge on any atom is -0.253 e. The van der Waals surface area contributed by atoms with Crippen LogP contribution in [0.5, 0.6) is 0 Å². The van der Waals surface area contributed by atoms with Gasteiger partial charge in [0.15, 0.2) is 5.82 Å². The zero-order valence-corrected chi connectivity index (χ0v) is 9.11. The summed E-state index contributed by atoms with van der Waals surface area (Å²) in [5, 5.41) is 8.72. The van der Waals surface area contributed by atoms with Crippen molar-refractivity contribution in [2.75, 3.05) is 18.8 Å². The van der Waals surface area contributed by atoms with Gasteiger partial charge in [-0.25, -0.2) is 4.98 Å². The Kier molecular flexibility index (Phi) is 3.24. The molecular weight excluding hydrogens is 216 g/mol.